The van der Waals surface area contributed by atoms with E-state index in [1.807, 2.05) is 17.8 Å². The Bertz CT molecular complexity index is 638. The van der Waals surface area contributed by atoms with Gasteiger partial charge in [0.05, 0.1) is 13.4 Å². The minimum Gasteiger partial charge on any atom is -0.463 e. The predicted molar refractivity (Wildman–Crippen MR) is 81.4 cm³/mol. The Balaban J connectivity index is 1.72. The zero-order valence-corrected chi connectivity index (χ0v) is 12.6. The third-order valence-electron chi connectivity index (χ3n) is 3.61. The van der Waals surface area contributed by atoms with E-state index in [0.717, 1.165) is 17.7 Å². The highest BCUT2D eigenvalue weighted by Gasteiger charge is 2.21. The van der Waals surface area contributed by atoms with Crippen LogP contribution in [0.25, 0.3) is 0 Å². The molecule has 1 aromatic heterocycles. The molecule has 0 amide bonds. The van der Waals surface area contributed by atoms with E-state index in [-0.39, 0.29) is 5.76 Å². The third kappa shape index (κ3) is 2.99. The molecule has 0 fully saturated rings. The number of thioether (sulfide) groups is 1. The van der Waals surface area contributed by atoms with Gasteiger partial charge in [0.15, 0.2) is 0 Å². The first-order valence-electron chi connectivity index (χ1n) is 6.89. The Kier molecular flexibility index (Phi) is 4.31. The number of nitrogens with one attached hydrogen (secondary N) is 1. The summed E-state index contributed by atoms with van der Waals surface area (Å²) < 4.78 is 9.93. The second-order valence-electron chi connectivity index (χ2n) is 4.87. The van der Waals surface area contributed by atoms with Crippen LogP contribution in [-0.4, -0.2) is 18.8 Å². The predicted octanol–water partition coefficient (Wildman–Crippen LogP) is 3.39. The van der Waals surface area contributed by atoms with Gasteiger partial charge in [-0.05, 0) is 29.9 Å². The van der Waals surface area contributed by atoms with Crippen LogP contribution >= 0.6 is 11.8 Å². The lowest BCUT2D eigenvalue weighted by molar-refractivity contribution is 0.0563. The molecule has 0 radical (unpaired) electrons. The molecule has 110 valence electrons. The molecule has 1 N–H and O–H groups in total. The molecule has 3 rings (SSSR count). The molecule has 0 aliphatic carbocycles. The fraction of sp³-hybridized carbons (Fsp3) is 0.312. The van der Waals surface area contributed by atoms with Crippen LogP contribution in [-0.2, 0) is 11.3 Å². The molecule has 1 atom stereocenters. The quantitative estimate of drug-likeness (QED) is 0.877. The number of carbonyl (C=O) groups excluding carboxylic acids is 1. The number of hydrogen-bond acceptors (Lipinski definition) is 5. The van der Waals surface area contributed by atoms with Crippen molar-refractivity contribution in [1.29, 1.82) is 0 Å². The number of hydrogen-bond donors (Lipinski definition) is 1. The summed E-state index contributed by atoms with van der Waals surface area (Å²) in [5, 5.41) is 3.52. The Labute approximate surface area is 127 Å². The smallest absolute Gasteiger partial charge is 0.374 e. The molecule has 1 aliphatic rings. The Hall–Kier alpha value is -1.72. The fourth-order valence-electron chi connectivity index (χ4n) is 2.53. The van der Waals surface area contributed by atoms with Gasteiger partial charge in [-0.1, -0.05) is 18.2 Å². The van der Waals surface area contributed by atoms with Gasteiger partial charge in [-0.25, -0.2) is 4.79 Å². The molecule has 0 saturated carbocycles. The van der Waals surface area contributed by atoms with E-state index in [9.17, 15) is 4.79 Å². The van der Waals surface area contributed by atoms with Gasteiger partial charge in [-0.2, -0.15) is 0 Å². The lowest BCUT2D eigenvalue weighted by Gasteiger charge is -2.25. The highest BCUT2D eigenvalue weighted by molar-refractivity contribution is 7.99. The van der Waals surface area contributed by atoms with Gasteiger partial charge in [0.25, 0.3) is 0 Å². The first-order chi connectivity index (χ1) is 10.3. The van der Waals surface area contributed by atoms with Gasteiger partial charge in [-0.15, -0.1) is 11.8 Å². The van der Waals surface area contributed by atoms with E-state index in [2.05, 4.69) is 29.6 Å². The summed E-state index contributed by atoms with van der Waals surface area (Å²) in [4.78, 5) is 12.9. The van der Waals surface area contributed by atoms with Crippen LogP contribution in [0.3, 0.4) is 0 Å². The normalized spacial score (nSPS) is 17.3. The SMILES string of the molecule is COC(=O)c1occc1CNC1CCSc2ccccc21. The van der Waals surface area contributed by atoms with Gasteiger partial charge in [-0.3, -0.25) is 0 Å². The second-order valence-corrected chi connectivity index (χ2v) is 6.01. The molecule has 2 aromatic rings. The van der Waals surface area contributed by atoms with Crippen molar-refractivity contribution >= 4 is 17.7 Å². The molecule has 0 spiro atoms. The number of esters is 1. The maximum Gasteiger partial charge on any atom is 0.374 e. The van der Waals surface area contributed by atoms with E-state index in [1.165, 1.54) is 23.8 Å². The van der Waals surface area contributed by atoms with Gasteiger partial charge in [0.2, 0.25) is 5.76 Å². The number of benzene rings is 1. The molecular weight excluding hydrogens is 286 g/mol. The van der Waals surface area contributed by atoms with Gasteiger partial charge >= 0.3 is 5.97 Å². The molecule has 1 aliphatic heterocycles. The van der Waals surface area contributed by atoms with Crippen molar-refractivity contribution in [2.24, 2.45) is 0 Å². The minimum atomic E-state index is -0.434. The zero-order valence-electron chi connectivity index (χ0n) is 11.8. The van der Waals surface area contributed by atoms with E-state index in [0.29, 0.717) is 12.6 Å². The molecule has 5 heteroatoms. The molecule has 21 heavy (non-hydrogen) atoms. The lowest BCUT2D eigenvalue weighted by Crippen LogP contribution is -2.24. The zero-order chi connectivity index (χ0) is 14.7. The number of carbonyl (C=O) groups is 1. The largest absolute Gasteiger partial charge is 0.463 e. The van der Waals surface area contributed by atoms with Crippen molar-refractivity contribution in [2.75, 3.05) is 12.9 Å². The maximum absolute atomic E-state index is 11.6. The molecule has 0 bridgehead atoms. The van der Waals surface area contributed by atoms with E-state index in [4.69, 9.17) is 9.15 Å². The summed E-state index contributed by atoms with van der Waals surface area (Å²) >= 11 is 1.89. The van der Waals surface area contributed by atoms with Crippen LogP contribution in [0.5, 0.6) is 0 Å². The number of ether oxygens (including phenoxy) is 1. The summed E-state index contributed by atoms with van der Waals surface area (Å²) in [5.74, 6) is 0.948. The van der Waals surface area contributed by atoms with Crippen LogP contribution in [0, 0.1) is 0 Å². The van der Waals surface area contributed by atoms with E-state index >= 15 is 0 Å². The Morgan fingerprint density at radius 2 is 2.29 bits per heavy atom. The summed E-state index contributed by atoms with van der Waals surface area (Å²) in [6.07, 6.45) is 2.60. The van der Waals surface area contributed by atoms with Gasteiger partial charge in [0.1, 0.15) is 0 Å². The third-order valence-corrected chi connectivity index (χ3v) is 4.74. The average Bonchev–Trinajstić information content (AvgIpc) is 3.00. The summed E-state index contributed by atoms with van der Waals surface area (Å²) in [5.41, 5.74) is 2.16. The second kappa shape index (κ2) is 6.37. The topological polar surface area (TPSA) is 51.5 Å². The van der Waals surface area contributed by atoms with E-state index in [1.54, 1.807) is 0 Å². The Morgan fingerprint density at radius 3 is 3.14 bits per heavy atom. The lowest BCUT2D eigenvalue weighted by atomic mass is 10.0. The summed E-state index contributed by atoms with van der Waals surface area (Å²) in [7, 11) is 1.36. The van der Waals surface area contributed by atoms with Crippen molar-refractivity contribution in [3.05, 3.63) is 53.5 Å². The van der Waals surface area contributed by atoms with Crippen molar-refractivity contribution in [3.8, 4) is 0 Å². The van der Waals surface area contributed by atoms with Crippen molar-refractivity contribution in [1.82, 2.24) is 5.32 Å². The summed E-state index contributed by atoms with van der Waals surface area (Å²) in [6.45, 7) is 0.588. The van der Waals surface area contributed by atoms with Crippen LogP contribution in [0.15, 0.2) is 45.9 Å². The number of methoxy groups -OCH3 is 1. The summed E-state index contributed by atoms with van der Waals surface area (Å²) in [6, 6.07) is 10.6. The van der Waals surface area contributed by atoms with Crippen LogP contribution in [0.2, 0.25) is 0 Å². The Morgan fingerprint density at radius 1 is 1.43 bits per heavy atom. The first-order valence-corrected chi connectivity index (χ1v) is 7.88. The van der Waals surface area contributed by atoms with Crippen molar-refractivity contribution in [3.63, 3.8) is 0 Å². The van der Waals surface area contributed by atoms with Crippen LogP contribution < -0.4 is 5.32 Å². The highest BCUT2D eigenvalue weighted by Crippen LogP contribution is 2.36. The number of furan rings is 1. The van der Waals surface area contributed by atoms with Crippen LogP contribution in [0.1, 0.15) is 34.1 Å². The molecular formula is C16H17NO3S. The maximum atomic E-state index is 11.6. The molecule has 1 unspecified atom stereocenters. The number of rotatable bonds is 4. The standard InChI is InChI=1S/C16H17NO3S/c1-19-16(18)15-11(6-8-20-15)10-17-13-7-9-21-14-5-3-2-4-12(13)14/h2-6,8,13,17H,7,9-10H2,1H3. The first kappa shape index (κ1) is 14.2. The molecule has 1 aromatic carbocycles. The average molecular weight is 303 g/mol. The van der Waals surface area contributed by atoms with Crippen LogP contribution in [0.4, 0.5) is 0 Å². The van der Waals surface area contributed by atoms with E-state index < -0.39 is 5.97 Å². The van der Waals surface area contributed by atoms with Gasteiger partial charge < -0.3 is 14.5 Å². The minimum absolute atomic E-state index is 0.281. The monoisotopic (exact) mass is 303 g/mol. The molecule has 4 nitrogen and oxygen atoms in total. The van der Waals surface area contributed by atoms with Gasteiger partial charge in [0, 0.05) is 23.0 Å². The highest BCUT2D eigenvalue weighted by atomic mass is 32.2. The molecule has 2 heterocycles. The fourth-order valence-corrected chi connectivity index (χ4v) is 3.66. The van der Waals surface area contributed by atoms with Crippen molar-refractivity contribution < 1.29 is 13.9 Å². The molecule has 0 saturated heterocycles. The number of fused-ring (bicyclic) bond motifs is 1. The van der Waals surface area contributed by atoms with Crippen molar-refractivity contribution in [2.45, 2.75) is 23.9 Å².